The van der Waals surface area contributed by atoms with E-state index in [2.05, 4.69) is 10.6 Å². The third kappa shape index (κ3) is 10.2. The second-order valence-corrected chi connectivity index (χ2v) is 7.09. The van der Waals surface area contributed by atoms with Crippen LogP contribution in [0.25, 0.3) is 0 Å². The van der Waals surface area contributed by atoms with Crippen LogP contribution in [0, 0.1) is 11.8 Å². The van der Waals surface area contributed by atoms with Gasteiger partial charge in [-0.25, -0.2) is 4.79 Å². The highest BCUT2D eigenvalue weighted by molar-refractivity contribution is 5.90. The topological polar surface area (TPSA) is 84.5 Å². The summed E-state index contributed by atoms with van der Waals surface area (Å²) in [5.74, 6) is -0.527. The lowest BCUT2D eigenvalue weighted by molar-refractivity contribution is -0.148. The predicted octanol–water partition coefficient (Wildman–Crippen LogP) is 2.41. The van der Waals surface area contributed by atoms with Crippen molar-refractivity contribution in [1.82, 2.24) is 10.6 Å². The molecule has 0 saturated carbocycles. The van der Waals surface area contributed by atoms with Gasteiger partial charge in [0.1, 0.15) is 12.1 Å². The van der Waals surface area contributed by atoms with Crippen molar-refractivity contribution in [1.29, 1.82) is 0 Å². The fourth-order valence-corrected chi connectivity index (χ4v) is 2.32. The van der Waals surface area contributed by atoms with Crippen molar-refractivity contribution >= 4 is 17.8 Å². The number of rotatable bonds is 11. The maximum absolute atomic E-state index is 12.5. The largest absolute Gasteiger partial charge is 0.464 e. The average Bonchev–Trinajstić information content (AvgIpc) is 2.44. The Morgan fingerprint density at radius 1 is 0.917 bits per heavy atom. The lowest BCUT2D eigenvalue weighted by atomic mass is 10.0. The second kappa shape index (κ2) is 11.9. The minimum atomic E-state index is -0.683. The molecule has 0 aliphatic carbocycles. The third-order valence-corrected chi connectivity index (χ3v) is 3.45. The normalized spacial score (nSPS) is 13.5. The second-order valence-electron chi connectivity index (χ2n) is 7.09. The maximum Gasteiger partial charge on any atom is 0.328 e. The van der Waals surface area contributed by atoms with Gasteiger partial charge in [0.15, 0.2) is 0 Å². The molecule has 140 valence electrons. The molecule has 0 radical (unpaired) electrons. The lowest BCUT2D eigenvalue weighted by Crippen LogP contribution is -2.52. The van der Waals surface area contributed by atoms with Gasteiger partial charge < -0.3 is 15.4 Å². The van der Waals surface area contributed by atoms with E-state index in [9.17, 15) is 14.4 Å². The molecule has 0 aromatic rings. The Labute approximate surface area is 146 Å². The summed E-state index contributed by atoms with van der Waals surface area (Å²) in [6.45, 7) is 11.7. The SMILES string of the molecule is CCCCOC(=O)C(CC(C)C)NC(=O)C(CC(C)C)NC(C)=O. The molecule has 0 aliphatic heterocycles. The minimum absolute atomic E-state index is 0.235. The summed E-state index contributed by atoms with van der Waals surface area (Å²) in [5.41, 5.74) is 0. The summed E-state index contributed by atoms with van der Waals surface area (Å²) < 4.78 is 5.25. The zero-order chi connectivity index (χ0) is 18.7. The van der Waals surface area contributed by atoms with E-state index < -0.39 is 18.1 Å². The Morgan fingerprint density at radius 2 is 1.46 bits per heavy atom. The highest BCUT2D eigenvalue weighted by Crippen LogP contribution is 2.10. The van der Waals surface area contributed by atoms with Gasteiger partial charge in [0.05, 0.1) is 6.61 Å². The maximum atomic E-state index is 12.5. The van der Waals surface area contributed by atoms with Gasteiger partial charge in [-0.15, -0.1) is 0 Å². The summed E-state index contributed by atoms with van der Waals surface area (Å²) >= 11 is 0. The summed E-state index contributed by atoms with van der Waals surface area (Å²) in [6, 6.07) is -1.32. The zero-order valence-corrected chi connectivity index (χ0v) is 16.0. The summed E-state index contributed by atoms with van der Waals surface area (Å²) in [5, 5.41) is 5.42. The van der Waals surface area contributed by atoms with Crippen LogP contribution in [-0.2, 0) is 19.1 Å². The van der Waals surface area contributed by atoms with Crippen LogP contribution >= 0.6 is 0 Å². The molecule has 0 spiro atoms. The van der Waals surface area contributed by atoms with Crippen LogP contribution in [0.15, 0.2) is 0 Å². The van der Waals surface area contributed by atoms with Gasteiger partial charge in [-0.3, -0.25) is 9.59 Å². The molecule has 0 fully saturated rings. The quantitative estimate of drug-likeness (QED) is 0.446. The van der Waals surface area contributed by atoms with Gasteiger partial charge in [-0.05, 0) is 31.1 Å². The van der Waals surface area contributed by atoms with E-state index in [0.29, 0.717) is 19.4 Å². The van der Waals surface area contributed by atoms with Crippen LogP contribution in [0.3, 0.4) is 0 Å². The summed E-state index contributed by atoms with van der Waals surface area (Å²) in [6.07, 6.45) is 2.76. The first-order chi connectivity index (χ1) is 11.2. The molecule has 6 heteroatoms. The monoisotopic (exact) mass is 342 g/mol. The summed E-state index contributed by atoms with van der Waals surface area (Å²) in [4.78, 5) is 36.1. The van der Waals surface area contributed by atoms with Crippen LogP contribution < -0.4 is 10.6 Å². The van der Waals surface area contributed by atoms with Crippen LogP contribution in [-0.4, -0.2) is 36.5 Å². The molecule has 0 saturated heterocycles. The summed E-state index contributed by atoms with van der Waals surface area (Å²) in [7, 11) is 0. The molecule has 2 amide bonds. The number of hydrogen-bond donors (Lipinski definition) is 2. The van der Waals surface area contributed by atoms with Crippen molar-refractivity contribution < 1.29 is 19.1 Å². The number of carbonyl (C=O) groups excluding carboxylic acids is 3. The Morgan fingerprint density at radius 3 is 1.92 bits per heavy atom. The van der Waals surface area contributed by atoms with E-state index in [-0.39, 0.29) is 23.7 Å². The van der Waals surface area contributed by atoms with Gasteiger partial charge in [0.25, 0.3) is 0 Å². The van der Waals surface area contributed by atoms with Gasteiger partial charge >= 0.3 is 5.97 Å². The molecular weight excluding hydrogens is 308 g/mol. The van der Waals surface area contributed by atoms with Gasteiger partial charge in [-0.2, -0.15) is 0 Å². The lowest BCUT2D eigenvalue weighted by Gasteiger charge is -2.24. The molecule has 6 nitrogen and oxygen atoms in total. The van der Waals surface area contributed by atoms with E-state index >= 15 is 0 Å². The Hall–Kier alpha value is -1.59. The smallest absolute Gasteiger partial charge is 0.328 e. The molecule has 2 atom stereocenters. The van der Waals surface area contributed by atoms with Crippen LogP contribution in [0.1, 0.15) is 67.2 Å². The highest BCUT2D eigenvalue weighted by Gasteiger charge is 2.28. The number of ether oxygens (including phenoxy) is 1. The number of amides is 2. The molecule has 2 N–H and O–H groups in total. The standard InChI is InChI=1S/C18H34N2O4/c1-7-8-9-24-18(23)16(11-13(4)5)20-17(22)15(10-12(2)3)19-14(6)21/h12-13,15-16H,7-11H2,1-6H3,(H,19,21)(H,20,22). The fraction of sp³-hybridized carbons (Fsp3) is 0.833. The first-order valence-corrected chi connectivity index (χ1v) is 8.91. The van der Waals surface area contributed by atoms with Crippen molar-refractivity contribution in [3.05, 3.63) is 0 Å². The van der Waals surface area contributed by atoms with Crippen LogP contribution in [0.4, 0.5) is 0 Å². The number of hydrogen-bond acceptors (Lipinski definition) is 4. The number of esters is 1. The van der Waals surface area contributed by atoms with Crippen LogP contribution in [0.5, 0.6) is 0 Å². The molecule has 0 aromatic heterocycles. The number of carbonyl (C=O) groups is 3. The van der Waals surface area contributed by atoms with E-state index in [1.54, 1.807) is 0 Å². The Bertz CT molecular complexity index is 408. The highest BCUT2D eigenvalue weighted by atomic mass is 16.5. The predicted molar refractivity (Wildman–Crippen MR) is 94.3 cm³/mol. The van der Waals surface area contributed by atoms with Crippen molar-refractivity contribution in [3.63, 3.8) is 0 Å². The molecule has 0 rings (SSSR count). The first-order valence-electron chi connectivity index (χ1n) is 8.91. The first kappa shape index (κ1) is 22.4. The zero-order valence-electron chi connectivity index (χ0n) is 16.0. The van der Waals surface area contributed by atoms with Crippen molar-refractivity contribution in [2.24, 2.45) is 11.8 Å². The Kier molecular flexibility index (Phi) is 11.1. The van der Waals surface area contributed by atoms with Crippen LogP contribution in [0.2, 0.25) is 0 Å². The molecular formula is C18H34N2O4. The number of nitrogens with one attached hydrogen (secondary N) is 2. The van der Waals surface area contributed by atoms with E-state index in [0.717, 1.165) is 12.8 Å². The van der Waals surface area contributed by atoms with Crippen molar-refractivity contribution in [2.45, 2.75) is 79.3 Å². The number of unbranched alkanes of at least 4 members (excludes halogenated alkanes) is 1. The van der Waals surface area contributed by atoms with E-state index in [1.807, 2.05) is 34.6 Å². The average molecular weight is 342 g/mol. The molecule has 0 heterocycles. The molecule has 2 unspecified atom stereocenters. The molecule has 0 aliphatic rings. The van der Waals surface area contributed by atoms with Gasteiger partial charge in [0.2, 0.25) is 11.8 Å². The van der Waals surface area contributed by atoms with E-state index in [1.165, 1.54) is 6.92 Å². The molecule has 24 heavy (non-hydrogen) atoms. The third-order valence-electron chi connectivity index (χ3n) is 3.45. The molecule has 0 bridgehead atoms. The van der Waals surface area contributed by atoms with E-state index in [4.69, 9.17) is 4.74 Å². The minimum Gasteiger partial charge on any atom is -0.464 e. The van der Waals surface area contributed by atoms with Crippen molar-refractivity contribution in [3.8, 4) is 0 Å². The van der Waals surface area contributed by atoms with Gasteiger partial charge in [0, 0.05) is 6.92 Å². The van der Waals surface area contributed by atoms with Crippen molar-refractivity contribution in [2.75, 3.05) is 6.61 Å². The molecule has 0 aromatic carbocycles. The fourth-order valence-electron chi connectivity index (χ4n) is 2.32. The Balaban J connectivity index is 4.90. The van der Waals surface area contributed by atoms with Gasteiger partial charge in [-0.1, -0.05) is 41.0 Å².